The molecule has 2 heterocycles. The molecule has 107 valence electrons. The summed E-state index contributed by atoms with van der Waals surface area (Å²) in [6.07, 6.45) is 4.25. The molecule has 0 aliphatic rings. The molecule has 0 fully saturated rings. The van der Waals surface area contributed by atoms with Crippen LogP contribution in [0.2, 0.25) is 0 Å². The van der Waals surface area contributed by atoms with Crippen LogP contribution in [0.5, 0.6) is 5.75 Å². The van der Waals surface area contributed by atoms with Crippen molar-refractivity contribution in [2.45, 2.75) is 19.3 Å². The van der Waals surface area contributed by atoms with E-state index in [-0.39, 0.29) is 11.6 Å². The minimum atomic E-state index is -0.250. The number of pyridine rings is 1. The highest BCUT2D eigenvalue weighted by molar-refractivity contribution is 7.22. The standard InChI is InChI=1S/C17H15FNOS/c1-2-3-4-14-17(20)13-9-15(21-16(13)10-19-14)11-5-7-12(18)8-6-11/h5-10,20H,1-4H2. The average Bonchev–Trinajstić information content (AvgIpc) is 2.92. The largest absolute Gasteiger partial charge is 0.505 e. The second-order valence-electron chi connectivity index (χ2n) is 4.91. The van der Waals surface area contributed by atoms with Crippen LogP contribution in [0.4, 0.5) is 4.39 Å². The SMILES string of the molecule is [CH2]CCCc1ncc2sc(-c3ccc(F)cc3)cc2c1O. The third-order valence-electron chi connectivity index (χ3n) is 3.42. The van der Waals surface area contributed by atoms with E-state index in [0.29, 0.717) is 0 Å². The van der Waals surface area contributed by atoms with Gasteiger partial charge in [0.05, 0.1) is 10.4 Å². The van der Waals surface area contributed by atoms with Gasteiger partial charge < -0.3 is 5.11 Å². The first-order valence-electron chi connectivity index (χ1n) is 6.84. The van der Waals surface area contributed by atoms with Crippen LogP contribution in [0.25, 0.3) is 20.5 Å². The number of fused-ring (bicyclic) bond motifs is 1. The average molecular weight is 300 g/mol. The fraction of sp³-hybridized carbons (Fsp3) is 0.176. The Balaban J connectivity index is 2.03. The number of thiophene rings is 1. The molecule has 0 amide bonds. The number of aryl methyl sites for hydroxylation is 1. The summed E-state index contributed by atoms with van der Waals surface area (Å²) in [5.41, 5.74) is 1.66. The van der Waals surface area contributed by atoms with E-state index in [1.165, 1.54) is 12.1 Å². The number of hydrogen-bond acceptors (Lipinski definition) is 3. The lowest BCUT2D eigenvalue weighted by atomic mass is 10.1. The summed E-state index contributed by atoms with van der Waals surface area (Å²) in [5, 5.41) is 11.2. The van der Waals surface area contributed by atoms with Crippen molar-refractivity contribution in [2.24, 2.45) is 0 Å². The zero-order valence-corrected chi connectivity index (χ0v) is 12.3. The Morgan fingerprint density at radius 1 is 1.24 bits per heavy atom. The van der Waals surface area contributed by atoms with Crippen LogP contribution in [0.15, 0.2) is 36.5 Å². The molecule has 0 aliphatic carbocycles. The highest BCUT2D eigenvalue weighted by Gasteiger charge is 2.12. The van der Waals surface area contributed by atoms with Gasteiger partial charge in [-0.15, -0.1) is 11.3 Å². The quantitative estimate of drug-likeness (QED) is 0.738. The van der Waals surface area contributed by atoms with Crippen molar-refractivity contribution < 1.29 is 9.50 Å². The van der Waals surface area contributed by atoms with Gasteiger partial charge in [-0.2, -0.15) is 0 Å². The van der Waals surface area contributed by atoms with Crippen LogP contribution in [0.1, 0.15) is 18.5 Å². The van der Waals surface area contributed by atoms with Crippen molar-refractivity contribution in [3.05, 3.63) is 55.0 Å². The maximum absolute atomic E-state index is 13.0. The van der Waals surface area contributed by atoms with Gasteiger partial charge in [-0.1, -0.05) is 25.5 Å². The summed E-state index contributed by atoms with van der Waals surface area (Å²) in [6, 6.07) is 8.31. The number of nitrogens with zero attached hydrogens (tertiary/aromatic N) is 1. The van der Waals surface area contributed by atoms with Crippen molar-refractivity contribution in [2.75, 3.05) is 0 Å². The topological polar surface area (TPSA) is 33.1 Å². The number of benzene rings is 1. The summed E-state index contributed by atoms with van der Waals surface area (Å²) < 4.78 is 13.9. The summed E-state index contributed by atoms with van der Waals surface area (Å²) in [5.74, 6) is 0.00500. The third kappa shape index (κ3) is 2.76. The number of hydrogen-bond donors (Lipinski definition) is 1. The highest BCUT2D eigenvalue weighted by Crippen LogP contribution is 2.38. The van der Waals surface area contributed by atoms with Gasteiger partial charge in [-0.3, -0.25) is 4.98 Å². The maximum Gasteiger partial charge on any atom is 0.145 e. The first-order valence-corrected chi connectivity index (χ1v) is 7.66. The van der Waals surface area contributed by atoms with Crippen LogP contribution >= 0.6 is 11.3 Å². The summed E-state index contributed by atoms with van der Waals surface area (Å²) in [4.78, 5) is 5.33. The number of halogens is 1. The Morgan fingerprint density at radius 2 is 2.00 bits per heavy atom. The van der Waals surface area contributed by atoms with E-state index >= 15 is 0 Å². The van der Waals surface area contributed by atoms with Gasteiger partial charge in [0.25, 0.3) is 0 Å². The smallest absolute Gasteiger partial charge is 0.145 e. The molecule has 3 rings (SSSR count). The molecule has 0 unspecified atom stereocenters. The molecule has 0 bridgehead atoms. The van der Waals surface area contributed by atoms with Crippen LogP contribution in [0, 0.1) is 12.7 Å². The van der Waals surface area contributed by atoms with Crippen LogP contribution in [-0.2, 0) is 6.42 Å². The van der Waals surface area contributed by atoms with Gasteiger partial charge in [0.15, 0.2) is 0 Å². The van der Waals surface area contributed by atoms with Gasteiger partial charge in [-0.25, -0.2) is 4.39 Å². The van der Waals surface area contributed by atoms with Crippen LogP contribution < -0.4 is 0 Å². The second kappa shape index (κ2) is 5.82. The van der Waals surface area contributed by atoms with Gasteiger partial charge in [0.2, 0.25) is 0 Å². The predicted octanol–water partition coefficient (Wildman–Crippen LogP) is 4.96. The van der Waals surface area contributed by atoms with Crippen molar-refractivity contribution in [3.63, 3.8) is 0 Å². The molecule has 0 atom stereocenters. The second-order valence-corrected chi connectivity index (χ2v) is 5.99. The molecule has 0 saturated heterocycles. The van der Waals surface area contributed by atoms with E-state index in [1.54, 1.807) is 29.7 Å². The molecule has 1 N–H and O–H groups in total. The molecule has 0 saturated carbocycles. The molecule has 0 aliphatic heterocycles. The first kappa shape index (κ1) is 14.0. The third-order valence-corrected chi connectivity index (χ3v) is 4.54. The van der Waals surface area contributed by atoms with Crippen LogP contribution in [-0.4, -0.2) is 10.1 Å². The first-order chi connectivity index (χ1) is 10.2. The summed E-state index contributed by atoms with van der Waals surface area (Å²) in [6.45, 7) is 3.81. The Labute approximate surface area is 126 Å². The number of aromatic nitrogens is 1. The fourth-order valence-electron chi connectivity index (χ4n) is 2.27. The molecule has 1 radical (unpaired) electrons. The minimum Gasteiger partial charge on any atom is -0.505 e. The lowest BCUT2D eigenvalue weighted by Crippen LogP contribution is -1.90. The lowest BCUT2D eigenvalue weighted by molar-refractivity contribution is 0.470. The normalized spacial score (nSPS) is 11.1. The molecule has 2 nitrogen and oxygen atoms in total. The Hall–Kier alpha value is -1.94. The van der Waals surface area contributed by atoms with Gasteiger partial charge >= 0.3 is 0 Å². The molecule has 4 heteroatoms. The molecule has 3 aromatic rings. The zero-order valence-electron chi connectivity index (χ0n) is 11.5. The van der Waals surface area contributed by atoms with Crippen LogP contribution in [0.3, 0.4) is 0 Å². The summed E-state index contributed by atoms with van der Waals surface area (Å²) >= 11 is 1.55. The molecule has 2 aromatic heterocycles. The highest BCUT2D eigenvalue weighted by atomic mass is 32.1. The molecular formula is C17H15FNOS. The van der Waals surface area contributed by atoms with Crippen molar-refractivity contribution in [3.8, 4) is 16.2 Å². The van der Waals surface area contributed by atoms with E-state index in [9.17, 15) is 9.50 Å². The number of rotatable bonds is 4. The monoisotopic (exact) mass is 300 g/mol. The van der Waals surface area contributed by atoms with Gasteiger partial charge in [0.1, 0.15) is 11.6 Å². The Bertz CT molecular complexity index is 764. The molecule has 21 heavy (non-hydrogen) atoms. The summed E-state index contributed by atoms with van der Waals surface area (Å²) in [7, 11) is 0. The van der Waals surface area contributed by atoms with E-state index < -0.39 is 0 Å². The zero-order chi connectivity index (χ0) is 14.8. The predicted molar refractivity (Wildman–Crippen MR) is 85.0 cm³/mol. The van der Waals surface area contributed by atoms with Crippen molar-refractivity contribution in [1.29, 1.82) is 0 Å². The molecule has 1 aromatic carbocycles. The molecule has 0 spiro atoms. The Morgan fingerprint density at radius 3 is 2.71 bits per heavy atom. The van der Waals surface area contributed by atoms with E-state index in [4.69, 9.17) is 0 Å². The van der Waals surface area contributed by atoms with Crippen molar-refractivity contribution >= 4 is 21.4 Å². The minimum absolute atomic E-state index is 0.250. The molecular weight excluding hydrogens is 285 g/mol. The Kier molecular flexibility index (Phi) is 3.88. The van der Waals surface area contributed by atoms with E-state index in [2.05, 4.69) is 11.9 Å². The number of aromatic hydroxyl groups is 1. The van der Waals surface area contributed by atoms with E-state index in [1.807, 2.05) is 6.07 Å². The fourth-order valence-corrected chi connectivity index (χ4v) is 3.31. The lowest BCUT2D eigenvalue weighted by Gasteiger charge is -2.03. The van der Waals surface area contributed by atoms with E-state index in [0.717, 1.165) is 45.5 Å². The number of unbranched alkanes of at least 4 members (excludes halogenated alkanes) is 1. The maximum atomic E-state index is 13.0. The van der Waals surface area contributed by atoms with Gasteiger partial charge in [0, 0.05) is 16.5 Å². The van der Waals surface area contributed by atoms with Gasteiger partial charge in [-0.05, 0) is 36.6 Å². The van der Waals surface area contributed by atoms with Crippen molar-refractivity contribution in [1.82, 2.24) is 4.98 Å².